The van der Waals surface area contributed by atoms with Gasteiger partial charge in [0, 0.05) is 17.8 Å². The monoisotopic (exact) mass is 209 g/mol. The number of hydrogen-bond donors (Lipinski definition) is 1. The van der Waals surface area contributed by atoms with Crippen LogP contribution in [0.4, 0.5) is 0 Å². The van der Waals surface area contributed by atoms with Crippen molar-refractivity contribution in [3.05, 3.63) is 17.0 Å². The molecule has 0 unspecified atom stereocenters. The molecule has 0 atom stereocenters. The van der Waals surface area contributed by atoms with Crippen molar-refractivity contribution in [3.63, 3.8) is 0 Å². The highest BCUT2D eigenvalue weighted by Crippen LogP contribution is 2.18. The molecule has 1 aromatic rings. The average molecular weight is 209 g/mol. The van der Waals surface area contributed by atoms with E-state index in [4.69, 9.17) is 5.73 Å². The van der Waals surface area contributed by atoms with Crippen molar-refractivity contribution < 1.29 is 0 Å². The van der Waals surface area contributed by atoms with Gasteiger partial charge in [0.2, 0.25) is 0 Å². The molecular formula is C12H23N3. The van der Waals surface area contributed by atoms with E-state index in [2.05, 4.69) is 44.4 Å². The standard InChI is InChI=1S/C12H23N3/c1-6-15-10(3)11(9(2)14-15)7-8-12(4,5)13/h6-8,13H2,1-5H3. The van der Waals surface area contributed by atoms with Gasteiger partial charge in [0.25, 0.3) is 0 Å². The topological polar surface area (TPSA) is 43.8 Å². The second kappa shape index (κ2) is 4.35. The second-order valence-corrected chi connectivity index (χ2v) is 4.95. The van der Waals surface area contributed by atoms with Gasteiger partial charge < -0.3 is 5.73 Å². The zero-order valence-corrected chi connectivity index (χ0v) is 10.6. The highest BCUT2D eigenvalue weighted by Gasteiger charge is 2.15. The van der Waals surface area contributed by atoms with Crippen LogP contribution in [-0.2, 0) is 13.0 Å². The van der Waals surface area contributed by atoms with Crippen LogP contribution in [0.5, 0.6) is 0 Å². The van der Waals surface area contributed by atoms with E-state index in [1.54, 1.807) is 0 Å². The van der Waals surface area contributed by atoms with E-state index in [9.17, 15) is 0 Å². The summed E-state index contributed by atoms with van der Waals surface area (Å²) in [6, 6.07) is 0. The number of aryl methyl sites for hydroxylation is 2. The van der Waals surface area contributed by atoms with E-state index in [0.29, 0.717) is 0 Å². The third kappa shape index (κ3) is 3.06. The molecule has 15 heavy (non-hydrogen) atoms. The summed E-state index contributed by atoms with van der Waals surface area (Å²) in [5.41, 5.74) is 9.72. The van der Waals surface area contributed by atoms with Crippen LogP contribution in [0.15, 0.2) is 0 Å². The van der Waals surface area contributed by atoms with Gasteiger partial charge in [0.15, 0.2) is 0 Å². The fourth-order valence-corrected chi connectivity index (χ4v) is 1.85. The number of nitrogens with zero attached hydrogens (tertiary/aromatic N) is 2. The zero-order chi connectivity index (χ0) is 11.6. The Labute approximate surface area is 92.7 Å². The first-order chi connectivity index (χ1) is 6.85. The summed E-state index contributed by atoms with van der Waals surface area (Å²) in [6.45, 7) is 11.4. The molecule has 0 aliphatic carbocycles. The van der Waals surface area contributed by atoms with Crippen molar-refractivity contribution in [3.8, 4) is 0 Å². The molecule has 0 radical (unpaired) electrons. The normalized spacial score (nSPS) is 12.1. The molecule has 3 heteroatoms. The van der Waals surface area contributed by atoms with Crippen molar-refractivity contribution >= 4 is 0 Å². The summed E-state index contributed by atoms with van der Waals surface area (Å²) in [5, 5.41) is 4.51. The number of nitrogens with two attached hydrogens (primary N) is 1. The van der Waals surface area contributed by atoms with Gasteiger partial charge in [-0.15, -0.1) is 0 Å². The van der Waals surface area contributed by atoms with Crippen LogP contribution in [0.25, 0.3) is 0 Å². The first-order valence-electron chi connectivity index (χ1n) is 5.67. The molecule has 0 bridgehead atoms. The first kappa shape index (κ1) is 12.2. The molecule has 0 amide bonds. The Morgan fingerprint density at radius 2 is 1.93 bits per heavy atom. The SMILES string of the molecule is CCn1nc(C)c(CCC(C)(C)N)c1C. The molecular weight excluding hydrogens is 186 g/mol. The lowest BCUT2D eigenvalue weighted by molar-refractivity contribution is 0.475. The summed E-state index contributed by atoms with van der Waals surface area (Å²) in [6.07, 6.45) is 2.03. The molecule has 1 heterocycles. The van der Waals surface area contributed by atoms with Gasteiger partial charge in [-0.05, 0) is 53.0 Å². The Bertz CT molecular complexity index is 331. The third-order valence-electron chi connectivity index (χ3n) is 2.85. The van der Waals surface area contributed by atoms with Crippen LogP contribution in [0.3, 0.4) is 0 Å². The molecule has 0 aliphatic heterocycles. The van der Waals surface area contributed by atoms with Crippen molar-refractivity contribution in [1.29, 1.82) is 0 Å². The van der Waals surface area contributed by atoms with Crippen LogP contribution in [0.1, 0.15) is 44.1 Å². The summed E-state index contributed by atoms with van der Waals surface area (Å²) in [4.78, 5) is 0. The average Bonchev–Trinajstić information content (AvgIpc) is 2.37. The summed E-state index contributed by atoms with van der Waals surface area (Å²) in [7, 11) is 0. The van der Waals surface area contributed by atoms with Gasteiger partial charge in [0.05, 0.1) is 5.69 Å². The number of aromatic nitrogens is 2. The van der Waals surface area contributed by atoms with E-state index in [1.807, 2.05) is 0 Å². The Kier molecular flexibility index (Phi) is 3.55. The van der Waals surface area contributed by atoms with Crippen molar-refractivity contribution in [1.82, 2.24) is 9.78 Å². The van der Waals surface area contributed by atoms with E-state index in [-0.39, 0.29) is 5.54 Å². The van der Waals surface area contributed by atoms with Gasteiger partial charge in [-0.3, -0.25) is 4.68 Å². The van der Waals surface area contributed by atoms with Gasteiger partial charge in [0.1, 0.15) is 0 Å². The number of hydrogen-bond acceptors (Lipinski definition) is 2. The minimum atomic E-state index is -0.0901. The summed E-state index contributed by atoms with van der Waals surface area (Å²) < 4.78 is 2.06. The molecule has 86 valence electrons. The summed E-state index contributed by atoms with van der Waals surface area (Å²) in [5.74, 6) is 0. The second-order valence-electron chi connectivity index (χ2n) is 4.95. The first-order valence-corrected chi connectivity index (χ1v) is 5.67. The van der Waals surface area contributed by atoms with Crippen LogP contribution in [-0.4, -0.2) is 15.3 Å². The third-order valence-corrected chi connectivity index (χ3v) is 2.85. The Hall–Kier alpha value is -0.830. The maximum Gasteiger partial charge on any atom is 0.0628 e. The zero-order valence-electron chi connectivity index (χ0n) is 10.6. The molecule has 0 saturated carbocycles. The molecule has 3 nitrogen and oxygen atoms in total. The molecule has 1 rings (SSSR count). The highest BCUT2D eigenvalue weighted by molar-refractivity contribution is 5.24. The van der Waals surface area contributed by atoms with Crippen LogP contribution in [0, 0.1) is 13.8 Å². The number of rotatable bonds is 4. The minimum absolute atomic E-state index is 0.0901. The van der Waals surface area contributed by atoms with Crippen LogP contribution < -0.4 is 5.73 Å². The van der Waals surface area contributed by atoms with E-state index < -0.39 is 0 Å². The van der Waals surface area contributed by atoms with E-state index in [1.165, 1.54) is 11.3 Å². The lowest BCUT2D eigenvalue weighted by Crippen LogP contribution is -2.32. The molecule has 0 fully saturated rings. The molecule has 1 aromatic heterocycles. The van der Waals surface area contributed by atoms with E-state index in [0.717, 1.165) is 25.1 Å². The molecule has 0 saturated heterocycles. The smallest absolute Gasteiger partial charge is 0.0628 e. The predicted octanol–water partition coefficient (Wildman–Crippen LogP) is 2.19. The van der Waals surface area contributed by atoms with Crippen molar-refractivity contribution in [2.45, 2.75) is 59.5 Å². The largest absolute Gasteiger partial charge is 0.326 e. The predicted molar refractivity (Wildman–Crippen MR) is 64.0 cm³/mol. The van der Waals surface area contributed by atoms with Gasteiger partial charge in [-0.2, -0.15) is 5.10 Å². The fourth-order valence-electron chi connectivity index (χ4n) is 1.85. The van der Waals surface area contributed by atoms with Gasteiger partial charge in [-0.25, -0.2) is 0 Å². The minimum Gasteiger partial charge on any atom is -0.326 e. The molecule has 2 N–H and O–H groups in total. The van der Waals surface area contributed by atoms with Gasteiger partial charge >= 0.3 is 0 Å². The van der Waals surface area contributed by atoms with Crippen molar-refractivity contribution in [2.24, 2.45) is 5.73 Å². The fraction of sp³-hybridized carbons (Fsp3) is 0.750. The van der Waals surface area contributed by atoms with E-state index >= 15 is 0 Å². The maximum atomic E-state index is 6.00. The van der Waals surface area contributed by atoms with Crippen molar-refractivity contribution in [2.75, 3.05) is 0 Å². The Balaban J connectivity index is 2.81. The quantitative estimate of drug-likeness (QED) is 0.826. The summed E-state index contributed by atoms with van der Waals surface area (Å²) >= 11 is 0. The van der Waals surface area contributed by atoms with Gasteiger partial charge in [-0.1, -0.05) is 0 Å². The maximum absolute atomic E-state index is 6.00. The van der Waals surface area contributed by atoms with Crippen LogP contribution >= 0.6 is 0 Å². The highest BCUT2D eigenvalue weighted by atomic mass is 15.3. The molecule has 0 aromatic carbocycles. The molecule has 0 spiro atoms. The Morgan fingerprint density at radius 3 is 2.33 bits per heavy atom. The van der Waals surface area contributed by atoms with Crippen LogP contribution in [0.2, 0.25) is 0 Å². The Morgan fingerprint density at radius 1 is 1.33 bits per heavy atom. The lowest BCUT2D eigenvalue weighted by atomic mass is 9.96. The lowest BCUT2D eigenvalue weighted by Gasteiger charge is -2.18. The molecule has 0 aliphatic rings.